The summed E-state index contributed by atoms with van der Waals surface area (Å²) in [4.78, 5) is 15.6. The van der Waals surface area contributed by atoms with Crippen molar-refractivity contribution in [2.24, 2.45) is 5.73 Å². The number of alkyl carbamates (subject to hydrolysis) is 1. The quantitative estimate of drug-likeness (QED) is 0.870. The monoisotopic (exact) mass is 265 g/mol. The summed E-state index contributed by atoms with van der Waals surface area (Å²) >= 11 is 0. The first-order valence-electron chi connectivity index (χ1n) is 6.40. The first-order valence-corrected chi connectivity index (χ1v) is 6.40. The zero-order chi connectivity index (χ0) is 14.5. The number of carbonyl (C=O) groups excluding carboxylic acids is 1. The molecule has 1 heterocycles. The SMILES string of the molecule is Cc1ccncc1CC(N)CNC(=O)OC(C)(C)C. The van der Waals surface area contributed by atoms with Crippen molar-refractivity contribution in [1.29, 1.82) is 0 Å². The summed E-state index contributed by atoms with van der Waals surface area (Å²) in [5.74, 6) is 0. The highest BCUT2D eigenvalue weighted by molar-refractivity contribution is 5.67. The number of pyridine rings is 1. The van der Waals surface area contributed by atoms with Crippen molar-refractivity contribution in [3.8, 4) is 0 Å². The lowest BCUT2D eigenvalue weighted by Crippen LogP contribution is -2.41. The van der Waals surface area contributed by atoms with Gasteiger partial charge in [0.15, 0.2) is 0 Å². The standard InChI is InChI=1S/C14H23N3O2/c1-10-5-6-16-8-11(10)7-12(15)9-17-13(18)19-14(2,3)4/h5-6,8,12H,7,9,15H2,1-4H3,(H,17,18). The van der Waals surface area contributed by atoms with Crippen LogP contribution in [0.2, 0.25) is 0 Å². The summed E-state index contributed by atoms with van der Waals surface area (Å²) in [6.45, 7) is 7.87. The van der Waals surface area contributed by atoms with Gasteiger partial charge < -0.3 is 15.8 Å². The molecule has 0 aliphatic carbocycles. The van der Waals surface area contributed by atoms with E-state index in [1.807, 2.05) is 40.0 Å². The Morgan fingerprint density at radius 2 is 2.21 bits per heavy atom. The molecule has 0 radical (unpaired) electrons. The van der Waals surface area contributed by atoms with Crippen LogP contribution in [0.3, 0.4) is 0 Å². The van der Waals surface area contributed by atoms with Crippen LogP contribution in [0, 0.1) is 6.92 Å². The van der Waals surface area contributed by atoms with Gasteiger partial charge in [0.2, 0.25) is 0 Å². The maximum Gasteiger partial charge on any atom is 0.407 e. The molecule has 1 atom stereocenters. The van der Waals surface area contributed by atoms with E-state index in [2.05, 4.69) is 10.3 Å². The Balaban J connectivity index is 2.38. The summed E-state index contributed by atoms with van der Waals surface area (Å²) in [5.41, 5.74) is 7.75. The van der Waals surface area contributed by atoms with Crippen LogP contribution in [-0.4, -0.2) is 29.3 Å². The predicted molar refractivity (Wildman–Crippen MR) is 74.9 cm³/mol. The summed E-state index contributed by atoms with van der Waals surface area (Å²) in [6.07, 6.45) is 3.80. The Hall–Kier alpha value is -1.62. The Bertz CT molecular complexity index is 427. The number of amides is 1. The molecule has 0 saturated carbocycles. The number of hydrogen-bond acceptors (Lipinski definition) is 4. The van der Waals surface area contributed by atoms with Crippen molar-refractivity contribution in [1.82, 2.24) is 10.3 Å². The number of rotatable bonds is 4. The topological polar surface area (TPSA) is 77.2 Å². The largest absolute Gasteiger partial charge is 0.444 e. The van der Waals surface area contributed by atoms with Crippen LogP contribution >= 0.6 is 0 Å². The minimum absolute atomic E-state index is 0.157. The molecule has 1 amide bonds. The van der Waals surface area contributed by atoms with Crippen molar-refractivity contribution in [2.45, 2.75) is 45.8 Å². The molecule has 0 spiro atoms. The van der Waals surface area contributed by atoms with E-state index >= 15 is 0 Å². The maximum atomic E-state index is 11.5. The van der Waals surface area contributed by atoms with Crippen molar-refractivity contribution in [2.75, 3.05) is 6.54 Å². The average Bonchev–Trinajstić information content (AvgIpc) is 2.27. The average molecular weight is 265 g/mol. The Morgan fingerprint density at radius 3 is 2.79 bits per heavy atom. The van der Waals surface area contributed by atoms with Crippen LogP contribution in [0.25, 0.3) is 0 Å². The zero-order valence-corrected chi connectivity index (χ0v) is 12.1. The van der Waals surface area contributed by atoms with Crippen LogP contribution < -0.4 is 11.1 Å². The first kappa shape index (κ1) is 15.4. The van der Waals surface area contributed by atoms with Gasteiger partial charge in [0, 0.05) is 25.0 Å². The first-order chi connectivity index (χ1) is 8.78. The van der Waals surface area contributed by atoms with Crippen LogP contribution in [0.4, 0.5) is 4.79 Å². The van der Waals surface area contributed by atoms with Gasteiger partial charge in [-0.2, -0.15) is 0 Å². The van der Waals surface area contributed by atoms with Crippen LogP contribution in [-0.2, 0) is 11.2 Å². The molecule has 1 rings (SSSR count). The summed E-state index contributed by atoms with van der Waals surface area (Å²) in [5, 5.41) is 2.67. The molecule has 0 saturated heterocycles. The molecule has 5 nitrogen and oxygen atoms in total. The molecule has 3 N–H and O–H groups in total. The maximum absolute atomic E-state index is 11.5. The predicted octanol–water partition coefficient (Wildman–Crippen LogP) is 1.78. The Morgan fingerprint density at radius 1 is 1.53 bits per heavy atom. The molecule has 1 aromatic rings. The lowest BCUT2D eigenvalue weighted by Gasteiger charge is -2.21. The van der Waals surface area contributed by atoms with Crippen LogP contribution in [0.15, 0.2) is 18.5 Å². The van der Waals surface area contributed by atoms with E-state index in [4.69, 9.17) is 10.5 Å². The number of carbonyl (C=O) groups is 1. The second-order valence-electron chi connectivity index (χ2n) is 5.65. The number of nitrogens with two attached hydrogens (primary N) is 1. The molecule has 106 valence electrons. The molecule has 0 fully saturated rings. The number of ether oxygens (including phenoxy) is 1. The number of nitrogens with zero attached hydrogens (tertiary/aromatic N) is 1. The van der Waals surface area contributed by atoms with Gasteiger partial charge in [0.1, 0.15) is 5.60 Å². The van der Waals surface area contributed by atoms with E-state index < -0.39 is 11.7 Å². The van der Waals surface area contributed by atoms with Gasteiger partial charge in [-0.3, -0.25) is 4.98 Å². The van der Waals surface area contributed by atoms with E-state index in [1.54, 1.807) is 6.20 Å². The Kier molecular flexibility index (Phi) is 5.30. The smallest absolute Gasteiger partial charge is 0.407 e. The van der Waals surface area contributed by atoms with Crippen molar-refractivity contribution < 1.29 is 9.53 Å². The summed E-state index contributed by atoms with van der Waals surface area (Å²) in [7, 11) is 0. The fourth-order valence-electron chi connectivity index (χ4n) is 1.59. The van der Waals surface area contributed by atoms with Gasteiger partial charge in [-0.25, -0.2) is 4.79 Å². The van der Waals surface area contributed by atoms with E-state index in [0.29, 0.717) is 13.0 Å². The molecule has 1 aromatic heterocycles. The molecule has 0 aliphatic rings. The third kappa shape index (κ3) is 6.20. The Labute approximate surface area is 114 Å². The van der Waals surface area contributed by atoms with E-state index in [-0.39, 0.29) is 6.04 Å². The third-order valence-corrected chi connectivity index (χ3v) is 2.54. The number of aromatic nitrogens is 1. The van der Waals surface area contributed by atoms with E-state index in [1.165, 1.54) is 0 Å². The number of aryl methyl sites for hydroxylation is 1. The molecule has 19 heavy (non-hydrogen) atoms. The lowest BCUT2D eigenvalue weighted by molar-refractivity contribution is 0.0524. The van der Waals surface area contributed by atoms with E-state index in [0.717, 1.165) is 11.1 Å². The van der Waals surface area contributed by atoms with Gasteiger partial charge in [0.25, 0.3) is 0 Å². The molecular formula is C14H23N3O2. The second kappa shape index (κ2) is 6.52. The van der Waals surface area contributed by atoms with Gasteiger partial charge in [-0.05, 0) is 51.3 Å². The number of nitrogens with one attached hydrogen (secondary N) is 1. The molecule has 0 aliphatic heterocycles. The van der Waals surface area contributed by atoms with Crippen molar-refractivity contribution in [3.05, 3.63) is 29.6 Å². The van der Waals surface area contributed by atoms with Crippen LogP contribution in [0.5, 0.6) is 0 Å². The minimum atomic E-state index is -0.492. The molecule has 0 aromatic carbocycles. The lowest BCUT2D eigenvalue weighted by atomic mass is 10.0. The van der Waals surface area contributed by atoms with E-state index in [9.17, 15) is 4.79 Å². The normalized spacial score (nSPS) is 12.9. The van der Waals surface area contributed by atoms with Gasteiger partial charge in [-0.1, -0.05) is 0 Å². The fourth-order valence-corrected chi connectivity index (χ4v) is 1.59. The van der Waals surface area contributed by atoms with Gasteiger partial charge >= 0.3 is 6.09 Å². The second-order valence-corrected chi connectivity index (χ2v) is 5.65. The highest BCUT2D eigenvalue weighted by Crippen LogP contribution is 2.08. The van der Waals surface area contributed by atoms with Gasteiger partial charge in [-0.15, -0.1) is 0 Å². The highest BCUT2D eigenvalue weighted by atomic mass is 16.6. The fraction of sp³-hybridized carbons (Fsp3) is 0.571. The summed E-state index contributed by atoms with van der Waals surface area (Å²) < 4.78 is 5.14. The molecule has 0 bridgehead atoms. The highest BCUT2D eigenvalue weighted by Gasteiger charge is 2.16. The number of hydrogen-bond donors (Lipinski definition) is 2. The molecular weight excluding hydrogens is 242 g/mol. The molecule has 5 heteroatoms. The third-order valence-electron chi connectivity index (χ3n) is 2.54. The molecule has 1 unspecified atom stereocenters. The zero-order valence-electron chi connectivity index (χ0n) is 12.1. The van der Waals surface area contributed by atoms with Crippen molar-refractivity contribution >= 4 is 6.09 Å². The van der Waals surface area contributed by atoms with Gasteiger partial charge in [0.05, 0.1) is 0 Å². The summed E-state index contributed by atoms with van der Waals surface area (Å²) in [6, 6.07) is 1.79. The van der Waals surface area contributed by atoms with Crippen molar-refractivity contribution in [3.63, 3.8) is 0 Å². The van der Waals surface area contributed by atoms with Crippen LogP contribution in [0.1, 0.15) is 31.9 Å². The minimum Gasteiger partial charge on any atom is -0.444 e.